The van der Waals surface area contributed by atoms with Crippen LogP contribution in [0.1, 0.15) is 22.0 Å². The third-order valence-corrected chi connectivity index (χ3v) is 3.70. The van der Waals surface area contributed by atoms with Gasteiger partial charge in [-0.1, -0.05) is 6.07 Å². The zero-order chi connectivity index (χ0) is 18.8. The predicted molar refractivity (Wildman–Crippen MR) is 96.0 cm³/mol. The van der Waals surface area contributed by atoms with E-state index in [-0.39, 0.29) is 5.82 Å². The Hall–Kier alpha value is -3.81. The normalized spacial score (nSPS) is 10.7. The van der Waals surface area contributed by atoms with Crippen molar-refractivity contribution >= 4 is 11.7 Å². The molecule has 0 saturated carbocycles. The van der Waals surface area contributed by atoms with Gasteiger partial charge in [0.05, 0.1) is 0 Å². The molecule has 4 aromatic rings. The summed E-state index contributed by atoms with van der Waals surface area (Å²) in [5.74, 6) is 1.07. The van der Waals surface area contributed by atoms with Gasteiger partial charge in [0.15, 0.2) is 0 Å². The minimum Gasteiger partial charge on any atom is -0.439 e. The molecular formula is C19H15N5O3. The lowest BCUT2D eigenvalue weighted by atomic mass is 10.3. The molecule has 0 fully saturated rings. The van der Waals surface area contributed by atoms with Crippen LogP contribution in [0, 0.1) is 13.8 Å². The van der Waals surface area contributed by atoms with Crippen LogP contribution in [-0.4, -0.2) is 30.5 Å². The van der Waals surface area contributed by atoms with E-state index in [9.17, 15) is 4.79 Å². The highest BCUT2D eigenvalue weighted by Gasteiger charge is 2.17. The van der Waals surface area contributed by atoms with Crippen LogP contribution in [0.3, 0.4) is 0 Å². The number of nitrogens with zero attached hydrogens (tertiary/aromatic N) is 5. The zero-order valence-electron chi connectivity index (χ0n) is 14.7. The van der Waals surface area contributed by atoms with Crippen molar-refractivity contribution in [2.45, 2.75) is 13.8 Å². The van der Waals surface area contributed by atoms with E-state index < -0.39 is 5.97 Å². The smallest absolute Gasteiger partial charge is 0.383 e. The van der Waals surface area contributed by atoms with Gasteiger partial charge in [-0.05, 0) is 50.2 Å². The van der Waals surface area contributed by atoms with E-state index in [0.717, 1.165) is 11.4 Å². The summed E-state index contributed by atoms with van der Waals surface area (Å²) in [5, 5.41) is 4.16. The number of hydrogen-bond acceptors (Lipinski definition) is 7. The van der Waals surface area contributed by atoms with Crippen molar-refractivity contribution in [3.05, 3.63) is 71.9 Å². The molecule has 1 aromatic carbocycles. The second-order valence-corrected chi connectivity index (χ2v) is 5.82. The quantitative estimate of drug-likeness (QED) is 0.407. The summed E-state index contributed by atoms with van der Waals surface area (Å²) in [6.45, 7) is 3.72. The number of esters is 1. The Kier molecular flexibility index (Phi) is 4.21. The van der Waals surface area contributed by atoms with E-state index >= 15 is 0 Å². The van der Waals surface area contributed by atoms with Crippen LogP contribution in [0.2, 0.25) is 0 Å². The number of aryl methyl sites for hydroxylation is 2. The van der Waals surface area contributed by atoms with Gasteiger partial charge in [0.1, 0.15) is 11.5 Å². The molecular weight excluding hydrogens is 346 g/mol. The van der Waals surface area contributed by atoms with Crippen LogP contribution in [0.5, 0.6) is 17.4 Å². The third kappa shape index (κ3) is 3.59. The number of pyridine rings is 1. The van der Waals surface area contributed by atoms with Crippen molar-refractivity contribution in [3.8, 4) is 17.4 Å². The van der Waals surface area contributed by atoms with E-state index in [1.54, 1.807) is 42.6 Å². The molecule has 8 nitrogen and oxygen atoms in total. The van der Waals surface area contributed by atoms with Gasteiger partial charge in [-0.25, -0.2) is 19.3 Å². The third-order valence-electron chi connectivity index (χ3n) is 3.70. The maximum absolute atomic E-state index is 12.3. The van der Waals surface area contributed by atoms with Crippen LogP contribution < -0.4 is 9.47 Å². The lowest BCUT2D eigenvalue weighted by Crippen LogP contribution is -2.10. The predicted octanol–water partition coefficient (Wildman–Crippen LogP) is 3.15. The first-order chi connectivity index (χ1) is 13.1. The van der Waals surface area contributed by atoms with E-state index in [4.69, 9.17) is 9.47 Å². The minimum absolute atomic E-state index is 0.0509. The van der Waals surface area contributed by atoms with Gasteiger partial charge in [0.25, 0.3) is 11.6 Å². The molecule has 0 N–H and O–H groups in total. The fraction of sp³-hybridized carbons (Fsp3) is 0.105. The standard InChI is InChI=1S/C19H15N5O3/c1-12-11-13(2)24-19(21-12)22-17(23-24)18(25)27-15-8-6-14(7-9-15)26-16-5-3-4-10-20-16/h3-11H,1-2H3. The summed E-state index contributed by atoms with van der Waals surface area (Å²) in [6, 6.07) is 13.9. The summed E-state index contributed by atoms with van der Waals surface area (Å²) in [6.07, 6.45) is 1.64. The van der Waals surface area contributed by atoms with E-state index in [0.29, 0.717) is 23.2 Å². The Balaban J connectivity index is 1.49. The average molecular weight is 361 g/mol. The molecule has 4 rings (SSSR count). The largest absolute Gasteiger partial charge is 0.439 e. The van der Waals surface area contributed by atoms with Crippen molar-refractivity contribution in [2.75, 3.05) is 0 Å². The average Bonchev–Trinajstić information content (AvgIpc) is 3.09. The Labute approximate surface area is 154 Å². The molecule has 0 atom stereocenters. The molecule has 0 aliphatic carbocycles. The lowest BCUT2D eigenvalue weighted by Gasteiger charge is -2.05. The molecule has 8 heteroatoms. The second kappa shape index (κ2) is 6.83. The molecule has 0 bridgehead atoms. The number of carbonyl (C=O) groups is 1. The fourth-order valence-corrected chi connectivity index (χ4v) is 2.51. The van der Waals surface area contributed by atoms with Gasteiger partial charge in [-0.3, -0.25) is 0 Å². The number of hydrogen-bond donors (Lipinski definition) is 0. The summed E-state index contributed by atoms with van der Waals surface area (Å²) in [5.41, 5.74) is 1.64. The molecule has 134 valence electrons. The summed E-state index contributed by atoms with van der Waals surface area (Å²) < 4.78 is 12.4. The Bertz CT molecular complexity index is 1110. The molecule has 0 aliphatic heterocycles. The Morgan fingerprint density at radius 1 is 1.00 bits per heavy atom. The van der Waals surface area contributed by atoms with Gasteiger partial charge in [0.2, 0.25) is 5.88 Å². The molecule has 3 aromatic heterocycles. The number of carbonyl (C=O) groups excluding carboxylic acids is 1. The first-order valence-corrected chi connectivity index (χ1v) is 8.21. The van der Waals surface area contributed by atoms with Gasteiger partial charge in [0, 0.05) is 23.7 Å². The summed E-state index contributed by atoms with van der Waals surface area (Å²) >= 11 is 0. The number of fused-ring (bicyclic) bond motifs is 1. The van der Waals surface area contributed by atoms with Crippen molar-refractivity contribution in [1.29, 1.82) is 0 Å². The summed E-state index contributed by atoms with van der Waals surface area (Å²) in [4.78, 5) is 24.8. The molecule has 0 spiro atoms. The van der Waals surface area contributed by atoms with Crippen LogP contribution in [-0.2, 0) is 0 Å². The van der Waals surface area contributed by atoms with Gasteiger partial charge in [-0.15, -0.1) is 5.10 Å². The molecule has 27 heavy (non-hydrogen) atoms. The molecule has 0 radical (unpaired) electrons. The van der Waals surface area contributed by atoms with Crippen LogP contribution >= 0.6 is 0 Å². The molecule has 0 amide bonds. The van der Waals surface area contributed by atoms with Crippen molar-refractivity contribution < 1.29 is 14.3 Å². The number of rotatable bonds is 4. The SMILES string of the molecule is Cc1cc(C)n2nc(C(=O)Oc3ccc(Oc4ccccn4)cc3)nc2n1. The van der Waals surface area contributed by atoms with Crippen molar-refractivity contribution in [3.63, 3.8) is 0 Å². The van der Waals surface area contributed by atoms with Crippen molar-refractivity contribution in [1.82, 2.24) is 24.6 Å². The van der Waals surface area contributed by atoms with Gasteiger partial charge < -0.3 is 9.47 Å². The highest BCUT2D eigenvalue weighted by molar-refractivity contribution is 5.87. The van der Waals surface area contributed by atoms with Crippen LogP contribution in [0.15, 0.2) is 54.7 Å². The Morgan fingerprint density at radius 3 is 2.52 bits per heavy atom. The minimum atomic E-state index is -0.657. The molecule has 0 aliphatic rings. The fourth-order valence-electron chi connectivity index (χ4n) is 2.51. The van der Waals surface area contributed by atoms with E-state index in [1.807, 2.05) is 26.0 Å². The number of aromatic nitrogens is 5. The number of benzene rings is 1. The second-order valence-electron chi connectivity index (χ2n) is 5.82. The highest BCUT2D eigenvalue weighted by atomic mass is 16.5. The van der Waals surface area contributed by atoms with E-state index in [2.05, 4.69) is 20.1 Å². The van der Waals surface area contributed by atoms with Crippen LogP contribution in [0.4, 0.5) is 0 Å². The van der Waals surface area contributed by atoms with Crippen LogP contribution in [0.25, 0.3) is 5.78 Å². The van der Waals surface area contributed by atoms with Crippen molar-refractivity contribution in [2.24, 2.45) is 0 Å². The lowest BCUT2D eigenvalue weighted by molar-refractivity contribution is 0.0722. The molecule has 0 unspecified atom stereocenters. The zero-order valence-corrected chi connectivity index (χ0v) is 14.7. The monoisotopic (exact) mass is 361 g/mol. The van der Waals surface area contributed by atoms with Gasteiger partial charge >= 0.3 is 5.97 Å². The van der Waals surface area contributed by atoms with E-state index in [1.165, 1.54) is 4.52 Å². The maximum Gasteiger partial charge on any atom is 0.383 e. The maximum atomic E-state index is 12.3. The summed E-state index contributed by atoms with van der Waals surface area (Å²) in [7, 11) is 0. The first kappa shape index (κ1) is 16.6. The first-order valence-electron chi connectivity index (χ1n) is 8.21. The Morgan fingerprint density at radius 2 is 1.78 bits per heavy atom. The topological polar surface area (TPSA) is 91.5 Å². The number of ether oxygens (including phenoxy) is 2. The molecule has 3 heterocycles. The highest BCUT2D eigenvalue weighted by Crippen LogP contribution is 2.22. The molecule has 0 saturated heterocycles. The van der Waals surface area contributed by atoms with Gasteiger partial charge in [-0.2, -0.15) is 4.98 Å².